The third-order valence-corrected chi connectivity index (χ3v) is 4.10. The first-order valence-corrected chi connectivity index (χ1v) is 7.34. The summed E-state index contributed by atoms with van der Waals surface area (Å²) in [5, 5.41) is 3.25. The van der Waals surface area contributed by atoms with Crippen molar-refractivity contribution >= 4 is 11.3 Å². The number of aryl methyl sites for hydroxylation is 1. The number of rotatable bonds is 3. The maximum atomic E-state index is 5.62. The lowest BCUT2D eigenvalue weighted by Crippen LogP contribution is -2.39. The van der Waals surface area contributed by atoms with Gasteiger partial charge in [-0.2, -0.15) is 0 Å². The molecular weight excluding hydrogens is 258 g/mol. The predicted octanol–water partition coefficient (Wildman–Crippen LogP) is 2.42. The molecule has 0 aromatic carbocycles. The minimum absolute atomic E-state index is 0.251. The Hall–Kier alpha value is -1.30. The fraction of sp³-hybridized carbons (Fsp3) is 0.429. The predicted molar refractivity (Wildman–Crippen MR) is 75.1 cm³/mol. The van der Waals surface area contributed by atoms with Crippen LogP contribution in [0.5, 0.6) is 0 Å². The topological polar surface area (TPSA) is 38.2 Å². The second-order valence-electron chi connectivity index (χ2n) is 4.67. The van der Waals surface area contributed by atoms with Crippen LogP contribution < -0.4 is 0 Å². The molecule has 1 aliphatic rings. The van der Waals surface area contributed by atoms with Crippen molar-refractivity contribution in [1.29, 1.82) is 0 Å². The summed E-state index contributed by atoms with van der Waals surface area (Å²) < 4.78 is 5.62. The van der Waals surface area contributed by atoms with Gasteiger partial charge in [-0.05, 0) is 19.1 Å². The number of morpholine rings is 1. The minimum atomic E-state index is 0.251. The molecule has 2 aromatic heterocycles. The van der Waals surface area contributed by atoms with E-state index in [-0.39, 0.29) is 6.04 Å². The number of pyridine rings is 1. The summed E-state index contributed by atoms with van der Waals surface area (Å²) in [5.41, 5.74) is 2.22. The molecule has 1 aliphatic heterocycles. The molecule has 19 heavy (non-hydrogen) atoms. The highest BCUT2D eigenvalue weighted by atomic mass is 32.1. The van der Waals surface area contributed by atoms with Crippen LogP contribution in [0.3, 0.4) is 0 Å². The number of hydrogen-bond acceptors (Lipinski definition) is 5. The standard InChI is InChI=1S/C14H17N3OS/c1-11-16-13(10-19-11)14-9-18-7-6-17(14)8-12-4-2-3-5-15-12/h2-5,10,14H,6-9H2,1H3/t14-/m1/s1. The number of aromatic nitrogens is 2. The van der Waals surface area contributed by atoms with Gasteiger partial charge in [0, 0.05) is 24.7 Å². The van der Waals surface area contributed by atoms with Crippen LogP contribution in [0.15, 0.2) is 29.8 Å². The van der Waals surface area contributed by atoms with Crippen LogP contribution in [0.2, 0.25) is 0 Å². The Morgan fingerprint density at radius 1 is 1.47 bits per heavy atom. The average molecular weight is 275 g/mol. The van der Waals surface area contributed by atoms with Crippen LogP contribution in [-0.2, 0) is 11.3 Å². The summed E-state index contributed by atoms with van der Waals surface area (Å²) in [7, 11) is 0. The molecule has 3 heterocycles. The molecule has 0 bridgehead atoms. The van der Waals surface area contributed by atoms with Crippen LogP contribution in [0.25, 0.3) is 0 Å². The largest absolute Gasteiger partial charge is 0.378 e. The molecule has 1 fully saturated rings. The third kappa shape index (κ3) is 3.00. The summed E-state index contributed by atoms with van der Waals surface area (Å²) in [4.78, 5) is 11.4. The second kappa shape index (κ2) is 5.77. The Balaban J connectivity index is 1.77. The third-order valence-electron chi connectivity index (χ3n) is 3.31. The smallest absolute Gasteiger partial charge is 0.0898 e. The minimum Gasteiger partial charge on any atom is -0.378 e. The van der Waals surface area contributed by atoms with E-state index in [0.29, 0.717) is 0 Å². The summed E-state index contributed by atoms with van der Waals surface area (Å²) in [5.74, 6) is 0. The van der Waals surface area contributed by atoms with Gasteiger partial charge in [0.25, 0.3) is 0 Å². The summed E-state index contributed by atoms with van der Waals surface area (Å²) in [6.07, 6.45) is 1.85. The van der Waals surface area contributed by atoms with Crippen molar-refractivity contribution in [3.8, 4) is 0 Å². The van der Waals surface area contributed by atoms with Crippen LogP contribution >= 0.6 is 11.3 Å². The van der Waals surface area contributed by atoms with Gasteiger partial charge >= 0.3 is 0 Å². The zero-order chi connectivity index (χ0) is 13.1. The van der Waals surface area contributed by atoms with Crippen molar-refractivity contribution in [3.05, 3.63) is 46.2 Å². The van der Waals surface area contributed by atoms with Gasteiger partial charge in [-0.1, -0.05) is 6.07 Å². The van der Waals surface area contributed by atoms with Gasteiger partial charge in [0.1, 0.15) is 0 Å². The van der Waals surface area contributed by atoms with Crippen LogP contribution in [0.1, 0.15) is 22.4 Å². The Kier molecular flexibility index (Phi) is 3.87. The van der Waals surface area contributed by atoms with E-state index >= 15 is 0 Å². The molecule has 0 saturated carbocycles. The van der Waals surface area contributed by atoms with Gasteiger partial charge in [0.05, 0.1) is 35.7 Å². The molecule has 100 valence electrons. The van der Waals surface area contributed by atoms with E-state index in [0.717, 1.165) is 42.7 Å². The molecule has 1 saturated heterocycles. The first-order chi connectivity index (χ1) is 9.33. The first kappa shape index (κ1) is 12.7. The lowest BCUT2D eigenvalue weighted by atomic mass is 10.1. The number of hydrogen-bond donors (Lipinski definition) is 0. The van der Waals surface area contributed by atoms with Gasteiger partial charge in [0.2, 0.25) is 0 Å². The summed E-state index contributed by atoms with van der Waals surface area (Å²) >= 11 is 1.70. The van der Waals surface area contributed by atoms with Crippen LogP contribution in [0.4, 0.5) is 0 Å². The molecule has 1 atom stereocenters. The van der Waals surface area contributed by atoms with E-state index in [1.807, 2.05) is 25.3 Å². The van der Waals surface area contributed by atoms with Gasteiger partial charge in [-0.3, -0.25) is 9.88 Å². The highest BCUT2D eigenvalue weighted by molar-refractivity contribution is 7.09. The molecule has 4 nitrogen and oxygen atoms in total. The first-order valence-electron chi connectivity index (χ1n) is 6.46. The van der Waals surface area contributed by atoms with Gasteiger partial charge in [-0.25, -0.2) is 4.98 Å². The fourth-order valence-corrected chi connectivity index (χ4v) is 2.99. The van der Waals surface area contributed by atoms with Gasteiger partial charge < -0.3 is 4.74 Å². The van der Waals surface area contributed by atoms with Crippen molar-refractivity contribution in [3.63, 3.8) is 0 Å². The van der Waals surface area contributed by atoms with Crippen molar-refractivity contribution < 1.29 is 4.74 Å². The number of nitrogens with zero attached hydrogens (tertiary/aromatic N) is 3. The molecule has 5 heteroatoms. The summed E-state index contributed by atoms with van der Waals surface area (Å²) in [6, 6.07) is 6.30. The summed E-state index contributed by atoms with van der Waals surface area (Å²) in [6.45, 7) is 5.33. The lowest BCUT2D eigenvalue weighted by Gasteiger charge is -2.34. The van der Waals surface area contributed by atoms with Gasteiger partial charge in [-0.15, -0.1) is 11.3 Å². The maximum absolute atomic E-state index is 5.62. The molecule has 0 aliphatic carbocycles. The quantitative estimate of drug-likeness (QED) is 0.862. The van der Waals surface area contributed by atoms with E-state index in [9.17, 15) is 0 Å². The monoisotopic (exact) mass is 275 g/mol. The molecule has 0 N–H and O–H groups in total. The zero-order valence-corrected chi connectivity index (χ0v) is 11.8. The number of ether oxygens (including phenoxy) is 1. The molecular formula is C14H17N3OS. The molecule has 0 amide bonds. The van der Waals surface area contributed by atoms with Crippen LogP contribution in [0, 0.1) is 6.92 Å². The maximum Gasteiger partial charge on any atom is 0.0898 e. The van der Waals surface area contributed by atoms with E-state index in [1.54, 1.807) is 11.3 Å². The SMILES string of the molecule is Cc1nc([C@H]2COCCN2Cc2ccccn2)cs1. The highest BCUT2D eigenvalue weighted by Crippen LogP contribution is 2.26. The highest BCUT2D eigenvalue weighted by Gasteiger charge is 2.26. The van der Waals surface area contributed by atoms with Crippen molar-refractivity contribution in [2.24, 2.45) is 0 Å². The van der Waals surface area contributed by atoms with E-state index in [1.165, 1.54) is 0 Å². The van der Waals surface area contributed by atoms with E-state index in [2.05, 4.69) is 26.3 Å². The van der Waals surface area contributed by atoms with E-state index < -0.39 is 0 Å². The van der Waals surface area contributed by atoms with Crippen molar-refractivity contribution in [2.45, 2.75) is 19.5 Å². The zero-order valence-electron chi connectivity index (χ0n) is 11.0. The second-order valence-corrected chi connectivity index (χ2v) is 5.74. The van der Waals surface area contributed by atoms with Crippen LogP contribution in [-0.4, -0.2) is 34.6 Å². The molecule has 2 aromatic rings. The van der Waals surface area contributed by atoms with E-state index in [4.69, 9.17) is 4.74 Å². The normalized spacial score (nSPS) is 20.6. The lowest BCUT2D eigenvalue weighted by molar-refractivity contribution is -0.0146. The van der Waals surface area contributed by atoms with Crippen molar-refractivity contribution in [2.75, 3.05) is 19.8 Å². The Morgan fingerprint density at radius 3 is 3.16 bits per heavy atom. The van der Waals surface area contributed by atoms with Crippen molar-refractivity contribution in [1.82, 2.24) is 14.9 Å². The molecule has 3 rings (SSSR count). The average Bonchev–Trinajstić information content (AvgIpc) is 2.87. The number of thiazole rings is 1. The molecule has 0 radical (unpaired) electrons. The Morgan fingerprint density at radius 2 is 2.42 bits per heavy atom. The van der Waals surface area contributed by atoms with Gasteiger partial charge in [0.15, 0.2) is 0 Å². The molecule has 0 unspecified atom stereocenters. The molecule has 0 spiro atoms. The fourth-order valence-electron chi connectivity index (χ4n) is 2.33. The Bertz CT molecular complexity index is 528. The Labute approximate surface area is 117 Å².